The third kappa shape index (κ3) is 3.95. The molecule has 1 aromatic rings. The highest BCUT2D eigenvalue weighted by molar-refractivity contribution is 5.99. The Morgan fingerprint density at radius 2 is 1.53 bits per heavy atom. The van der Waals surface area contributed by atoms with E-state index in [-0.39, 0.29) is 5.78 Å². The topological polar surface area (TPSA) is 35.5 Å². The van der Waals surface area contributed by atoms with E-state index in [0.717, 1.165) is 11.1 Å². The monoisotopic (exact) mass is 236 g/mol. The minimum Gasteiger partial charge on any atom is -0.346 e. The van der Waals surface area contributed by atoms with Gasteiger partial charge in [-0.1, -0.05) is 17.2 Å². The number of ketones is 1. The molecule has 3 nitrogen and oxygen atoms in total. The van der Waals surface area contributed by atoms with Crippen LogP contribution in [0.2, 0.25) is 0 Å². The fourth-order valence-corrected chi connectivity index (χ4v) is 1.76. The van der Waals surface area contributed by atoms with E-state index in [9.17, 15) is 4.79 Å². The highest BCUT2D eigenvalue weighted by Gasteiger charge is 2.20. The lowest BCUT2D eigenvalue weighted by molar-refractivity contribution is -0.107. The number of carbonyl (C=O) groups is 1. The first kappa shape index (κ1) is 13.9. The minimum absolute atomic E-state index is 0.111. The molecule has 0 bridgehead atoms. The molecule has 0 amide bonds. The van der Waals surface area contributed by atoms with E-state index in [0.29, 0.717) is 18.8 Å². The normalized spacial score (nSPS) is 10.9. The van der Waals surface area contributed by atoms with Gasteiger partial charge >= 0.3 is 0 Å². The van der Waals surface area contributed by atoms with E-state index < -0.39 is 6.29 Å². The number of hydrogen-bond acceptors (Lipinski definition) is 3. The summed E-state index contributed by atoms with van der Waals surface area (Å²) in [7, 11) is 0. The van der Waals surface area contributed by atoms with Crippen molar-refractivity contribution in [1.82, 2.24) is 0 Å². The third-order valence-corrected chi connectivity index (χ3v) is 2.36. The molecule has 0 heterocycles. The Labute approximate surface area is 103 Å². The minimum atomic E-state index is -0.786. The van der Waals surface area contributed by atoms with Crippen molar-refractivity contribution in [2.75, 3.05) is 13.2 Å². The van der Waals surface area contributed by atoms with Crippen LogP contribution in [0.3, 0.4) is 0 Å². The summed E-state index contributed by atoms with van der Waals surface area (Å²) in [6.45, 7) is 8.56. The van der Waals surface area contributed by atoms with Crippen LogP contribution in [0.1, 0.15) is 35.3 Å². The molecule has 0 fully saturated rings. The van der Waals surface area contributed by atoms with Gasteiger partial charge in [0.1, 0.15) is 0 Å². The average molecular weight is 236 g/mol. The molecular weight excluding hydrogens is 216 g/mol. The van der Waals surface area contributed by atoms with Crippen molar-refractivity contribution >= 4 is 5.78 Å². The molecule has 3 heteroatoms. The zero-order valence-electron chi connectivity index (χ0n) is 10.9. The Balaban J connectivity index is 2.92. The van der Waals surface area contributed by atoms with Gasteiger partial charge in [-0.2, -0.15) is 0 Å². The maximum atomic E-state index is 12.2. The largest absolute Gasteiger partial charge is 0.346 e. The average Bonchev–Trinajstić information content (AvgIpc) is 2.26. The van der Waals surface area contributed by atoms with Crippen LogP contribution in [0.5, 0.6) is 0 Å². The Morgan fingerprint density at radius 3 is 1.94 bits per heavy atom. The molecule has 0 aliphatic carbocycles. The molecule has 0 saturated heterocycles. The van der Waals surface area contributed by atoms with Crippen LogP contribution in [0, 0.1) is 13.8 Å². The Bertz CT molecular complexity index is 359. The summed E-state index contributed by atoms with van der Waals surface area (Å²) < 4.78 is 10.6. The summed E-state index contributed by atoms with van der Waals surface area (Å²) in [5.41, 5.74) is 2.79. The van der Waals surface area contributed by atoms with Crippen molar-refractivity contribution in [3.63, 3.8) is 0 Å². The Kier molecular flexibility index (Phi) is 5.32. The first-order valence-electron chi connectivity index (χ1n) is 5.94. The molecule has 0 radical (unpaired) electrons. The number of benzene rings is 1. The molecule has 0 unspecified atom stereocenters. The number of hydrogen-bond donors (Lipinski definition) is 0. The molecule has 0 aliphatic heterocycles. The van der Waals surface area contributed by atoms with Gasteiger partial charge in [0.15, 0.2) is 0 Å². The van der Waals surface area contributed by atoms with Gasteiger partial charge in [0.05, 0.1) is 0 Å². The summed E-state index contributed by atoms with van der Waals surface area (Å²) in [5.74, 6) is -0.111. The standard InChI is InChI=1S/C14H20O3/c1-5-16-14(17-6-2)13(15)12-8-10(3)7-11(4)9-12/h7-9,14H,5-6H2,1-4H3. The van der Waals surface area contributed by atoms with Gasteiger partial charge < -0.3 is 9.47 Å². The Morgan fingerprint density at radius 1 is 1.06 bits per heavy atom. The van der Waals surface area contributed by atoms with Crippen molar-refractivity contribution in [3.05, 3.63) is 34.9 Å². The van der Waals surface area contributed by atoms with Crippen LogP contribution in [-0.2, 0) is 9.47 Å². The smallest absolute Gasteiger partial charge is 0.222 e. The quantitative estimate of drug-likeness (QED) is 0.563. The SMILES string of the molecule is CCOC(OCC)C(=O)c1cc(C)cc(C)c1. The molecule has 0 atom stereocenters. The maximum Gasteiger partial charge on any atom is 0.222 e. The molecule has 94 valence electrons. The molecule has 1 aromatic carbocycles. The summed E-state index contributed by atoms with van der Waals surface area (Å²) in [4.78, 5) is 12.2. The van der Waals surface area contributed by atoms with Gasteiger partial charge in [-0.3, -0.25) is 4.79 Å². The zero-order valence-corrected chi connectivity index (χ0v) is 10.9. The van der Waals surface area contributed by atoms with Crippen molar-refractivity contribution in [2.24, 2.45) is 0 Å². The van der Waals surface area contributed by atoms with Crippen LogP contribution in [-0.4, -0.2) is 25.3 Å². The van der Waals surface area contributed by atoms with Crippen molar-refractivity contribution < 1.29 is 14.3 Å². The van der Waals surface area contributed by atoms with Crippen molar-refractivity contribution in [3.8, 4) is 0 Å². The number of carbonyl (C=O) groups excluding carboxylic acids is 1. The fraction of sp³-hybridized carbons (Fsp3) is 0.500. The molecule has 1 rings (SSSR count). The molecule has 0 spiro atoms. The predicted molar refractivity (Wildman–Crippen MR) is 67.3 cm³/mol. The van der Waals surface area contributed by atoms with Crippen LogP contribution < -0.4 is 0 Å². The lowest BCUT2D eigenvalue weighted by Crippen LogP contribution is -2.27. The summed E-state index contributed by atoms with van der Waals surface area (Å²) >= 11 is 0. The summed E-state index contributed by atoms with van der Waals surface area (Å²) in [6, 6.07) is 5.76. The first-order valence-corrected chi connectivity index (χ1v) is 5.94. The van der Waals surface area contributed by atoms with Gasteiger partial charge in [0, 0.05) is 18.8 Å². The second-order valence-corrected chi connectivity index (χ2v) is 3.98. The highest BCUT2D eigenvalue weighted by atomic mass is 16.7. The number of ether oxygens (including phenoxy) is 2. The molecular formula is C14H20O3. The van der Waals surface area contributed by atoms with Gasteiger partial charge in [-0.15, -0.1) is 0 Å². The van der Waals surface area contributed by atoms with Gasteiger partial charge in [-0.25, -0.2) is 0 Å². The molecule has 0 N–H and O–H groups in total. The molecule has 0 aliphatic rings. The highest BCUT2D eigenvalue weighted by Crippen LogP contribution is 2.13. The van der Waals surface area contributed by atoms with Gasteiger partial charge in [0.2, 0.25) is 12.1 Å². The third-order valence-electron chi connectivity index (χ3n) is 2.36. The summed E-state index contributed by atoms with van der Waals surface area (Å²) in [6.07, 6.45) is -0.786. The van der Waals surface area contributed by atoms with E-state index in [1.54, 1.807) is 0 Å². The molecule has 0 saturated carbocycles. The number of Topliss-reactive ketones (excluding diaryl/α,β-unsaturated/α-hetero) is 1. The van der Waals surface area contributed by atoms with E-state index in [1.165, 1.54) is 0 Å². The van der Waals surface area contributed by atoms with E-state index in [4.69, 9.17) is 9.47 Å². The van der Waals surface area contributed by atoms with Crippen LogP contribution in [0.15, 0.2) is 18.2 Å². The van der Waals surface area contributed by atoms with E-state index in [2.05, 4.69) is 0 Å². The van der Waals surface area contributed by atoms with Crippen molar-refractivity contribution in [2.45, 2.75) is 34.0 Å². The lowest BCUT2D eigenvalue weighted by Gasteiger charge is -2.16. The van der Waals surface area contributed by atoms with Gasteiger partial charge in [0.25, 0.3) is 0 Å². The predicted octanol–water partition coefficient (Wildman–Crippen LogP) is 2.89. The van der Waals surface area contributed by atoms with E-state index >= 15 is 0 Å². The molecule has 17 heavy (non-hydrogen) atoms. The second kappa shape index (κ2) is 6.52. The van der Waals surface area contributed by atoms with Gasteiger partial charge in [-0.05, 0) is 39.8 Å². The van der Waals surface area contributed by atoms with Crippen molar-refractivity contribution in [1.29, 1.82) is 0 Å². The second-order valence-electron chi connectivity index (χ2n) is 3.98. The number of rotatable bonds is 6. The Hall–Kier alpha value is -1.19. The van der Waals surface area contributed by atoms with Crippen LogP contribution in [0.25, 0.3) is 0 Å². The maximum absolute atomic E-state index is 12.2. The fourth-order valence-electron chi connectivity index (χ4n) is 1.76. The molecule has 0 aromatic heterocycles. The lowest BCUT2D eigenvalue weighted by atomic mass is 10.0. The zero-order chi connectivity index (χ0) is 12.8. The van der Waals surface area contributed by atoms with E-state index in [1.807, 2.05) is 45.9 Å². The van der Waals surface area contributed by atoms with Crippen LogP contribution in [0.4, 0.5) is 0 Å². The first-order chi connectivity index (χ1) is 8.08. The van der Waals surface area contributed by atoms with Crippen LogP contribution >= 0.6 is 0 Å². The number of aryl methyl sites for hydroxylation is 2. The summed E-state index contributed by atoms with van der Waals surface area (Å²) in [5, 5.41) is 0.